The number of anilines is 1. The molecule has 0 fully saturated rings. The number of amides is 2. The quantitative estimate of drug-likeness (QED) is 0.751. The predicted octanol–water partition coefficient (Wildman–Crippen LogP) is 3.57. The number of hydrogen-bond donors (Lipinski definition) is 2. The van der Waals surface area contributed by atoms with E-state index in [1.807, 2.05) is 29.8 Å². The van der Waals surface area contributed by atoms with Crippen LogP contribution in [0.5, 0.6) is 0 Å². The lowest BCUT2D eigenvalue weighted by atomic mass is 10.3. The fourth-order valence-electron chi connectivity index (χ4n) is 2.06. The highest BCUT2D eigenvalue weighted by Gasteiger charge is 2.06. The van der Waals surface area contributed by atoms with Crippen molar-refractivity contribution < 1.29 is 9.18 Å². The standard InChI is InChI=1S/C16H15FN4OS/c17-12-4-1-2-5-13(12)19-16(22)18-8-10-21-9-7-14(20-21)15-6-3-11-23-15/h1-7,9,11H,8,10H2,(H2,18,19,22). The van der Waals surface area contributed by atoms with E-state index in [1.54, 1.807) is 28.2 Å². The van der Waals surface area contributed by atoms with E-state index in [0.29, 0.717) is 13.1 Å². The summed E-state index contributed by atoms with van der Waals surface area (Å²) in [6, 6.07) is 11.5. The molecule has 0 aliphatic heterocycles. The zero-order valence-electron chi connectivity index (χ0n) is 12.2. The van der Waals surface area contributed by atoms with E-state index in [-0.39, 0.29) is 5.69 Å². The molecule has 0 atom stereocenters. The van der Waals surface area contributed by atoms with Gasteiger partial charge in [0.2, 0.25) is 0 Å². The van der Waals surface area contributed by atoms with Crippen molar-refractivity contribution in [2.75, 3.05) is 11.9 Å². The Morgan fingerprint density at radius 2 is 2.09 bits per heavy atom. The van der Waals surface area contributed by atoms with Crippen molar-refractivity contribution in [2.45, 2.75) is 6.54 Å². The highest BCUT2D eigenvalue weighted by atomic mass is 32.1. The SMILES string of the molecule is O=C(NCCn1ccc(-c2cccs2)n1)Nc1ccccc1F. The molecule has 118 valence electrons. The van der Waals surface area contributed by atoms with Crippen LogP contribution in [0.3, 0.4) is 0 Å². The second kappa shape index (κ2) is 7.06. The highest BCUT2D eigenvalue weighted by Crippen LogP contribution is 2.22. The summed E-state index contributed by atoms with van der Waals surface area (Å²) >= 11 is 1.63. The van der Waals surface area contributed by atoms with Gasteiger partial charge in [0.25, 0.3) is 0 Å². The van der Waals surface area contributed by atoms with Crippen LogP contribution in [0.25, 0.3) is 10.6 Å². The number of hydrogen-bond acceptors (Lipinski definition) is 3. The smallest absolute Gasteiger partial charge is 0.319 e. The highest BCUT2D eigenvalue weighted by molar-refractivity contribution is 7.13. The summed E-state index contributed by atoms with van der Waals surface area (Å²) in [6.45, 7) is 0.932. The molecule has 0 aliphatic rings. The average Bonchev–Trinajstić information content (AvgIpc) is 3.20. The summed E-state index contributed by atoms with van der Waals surface area (Å²) in [6.07, 6.45) is 1.87. The van der Waals surface area contributed by atoms with Gasteiger partial charge in [0, 0.05) is 12.7 Å². The largest absolute Gasteiger partial charge is 0.336 e. The minimum absolute atomic E-state index is 0.157. The average molecular weight is 330 g/mol. The number of para-hydroxylation sites is 1. The second-order valence-corrected chi connectivity index (χ2v) is 5.75. The molecule has 0 saturated carbocycles. The van der Waals surface area contributed by atoms with Gasteiger partial charge in [-0.05, 0) is 29.6 Å². The number of nitrogens with one attached hydrogen (secondary N) is 2. The Hall–Kier alpha value is -2.67. The Morgan fingerprint density at radius 3 is 2.87 bits per heavy atom. The Kier molecular flexibility index (Phi) is 4.68. The molecule has 3 rings (SSSR count). The summed E-state index contributed by atoms with van der Waals surface area (Å²) in [7, 11) is 0. The fourth-order valence-corrected chi connectivity index (χ4v) is 2.75. The molecule has 0 bridgehead atoms. The van der Waals surface area contributed by atoms with Crippen molar-refractivity contribution in [1.82, 2.24) is 15.1 Å². The number of aromatic nitrogens is 2. The predicted molar refractivity (Wildman–Crippen MR) is 89.0 cm³/mol. The maximum absolute atomic E-state index is 13.4. The molecule has 1 aromatic carbocycles. The number of carbonyl (C=O) groups is 1. The fraction of sp³-hybridized carbons (Fsp3) is 0.125. The van der Waals surface area contributed by atoms with Gasteiger partial charge >= 0.3 is 6.03 Å². The third kappa shape index (κ3) is 3.95. The van der Waals surface area contributed by atoms with E-state index >= 15 is 0 Å². The van der Waals surface area contributed by atoms with Gasteiger partial charge in [-0.1, -0.05) is 18.2 Å². The number of rotatable bonds is 5. The monoisotopic (exact) mass is 330 g/mol. The molecular formula is C16H15FN4OS. The van der Waals surface area contributed by atoms with Crippen LogP contribution < -0.4 is 10.6 Å². The number of nitrogens with zero attached hydrogens (tertiary/aromatic N) is 2. The first-order valence-electron chi connectivity index (χ1n) is 7.09. The van der Waals surface area contributed by atoms with Crippen LogP contribution >= 0.6 is 11.3 Å². The lowest BCUT2D eigenvalue weighted by Crippen LogP contribution is -2.31. The van der Waals surface area contributed by atoms with Gasteiger partial charge in [-0.2, -0.15) is 5.10 Å². The summed E-state index contributed by atoms with van der Waals surface area (Å²) in [4.78, 5) is 12.8. The molecule has 3 aromatic rings. The van der Waals surface area contributed by atoms with Gasteiger partial charge in [0.1, 0.15) is 11.5 Å². The third-order valence-electron chi connectivity index (χ3n) is 3.16. The van der Waals surface area contributed by atoms with Crippen molar-refractivity contribution in [2.24, 2.45) is 0 Å². The van der Waals surface area contributed by atoms with Gasteiger partial charge in [0.05, 0.1) is 17.1 Å². The number of urea groups is 1. The lowest BCUT2D eigenvalue weighted by molar-refractivity contribution is 0.251. The van der Waals surface area contributed by atoms with E-state index in [2.05, 4.69) is 15.7 Å². The van der Waals surface area contributed by atoms with E-state index in [0.717, 1.165) is 10.6 Å². The van der Waals surface area contributed by atoms with Crippen LogP contribution in [0.4, 0.5) is 14.9 Å². The maximum Gasteiger partial charge on any atom is 0.319 e. The normalized spacial score (nSPS) is 10.5. The van der Waals surface area contributed by atoms with Crippen molar-refractivity contribution in [3.63, 3.8) is 0 Å². The Labute approximate surface area is 136 Å². The minimum Gasteiger partial charge on any atom is -0.336 e. The van der Waals surface area contributed by atoms with Crippen molar-refractivity contribution in [3.8, 4) is 10.6 Å². The first-order chi connectivity index (χ1) is 11.2. The zero-order chi connectivity index (χ0) is 16.1. The van der Waals surface area contributed by atoms with Crippen LogP contribution in [0.1, 0.15) is 0 Å². The summed E-state index contributed by atoms with van der Waals surface area (Å²) in [5.41, 5.74) is 1.07. The lowest BCUT2D eigenvalue weighted by Gasteiger charge is -2.08. The molecule has 2 N–H and O–H groups in total. The van der Waals surface area contributed by atoms with E-state index < -0.39 is 11.8 Å². The first kappa shape index (κ1) is 15.2. The van der Waals surface area contributed by atoms with Crippen LogP contribution in [0, 0.1) is 5.82 Å². The Morgan fingerprint density at radius 1 is 1.22 bits per heavy atom. The van der Waals surface area contributed by atoms with Crippen molar-refractivity contribution in [1.29, 1.82) is 0 Å². The zero-order valence-corrected chi connectivity index (χ0v) is 13.0. The van der Waals surface area contributed by atoms with E-state index in [9.17, 15) is 9.18 Å². The molecule has 0 aliphatic carbocycles. The molecule has 0 spiro atoms. The molecular weight excluding hydrogens is 315 g/mol. The maximum atomic E-state index is 13.4. The van der Waals surface area contributed by atoms with Gasteiger partial charge < -0.3 is 10.6 Å². The summed E-state index contributed by atoms with van der Waals surface area (Å²) in [5.74, 6) is -0.463. The first-order valence-corrected chi connectivity index (χ1v) is 7.97. The minimum atomic E-state index is -0.463. The van der Waals surface area contributed by atoms with Crippen LogP contribution in [0.15, 0.2) is 54.0 Å². The molecule has 7 heteroatoms. The topological polar surface area (TPSA) is 59.0 Å². The second-order valence-electron chi connectivity index (χ2n) is 4.80. The number of halogens is 1. The van der Waals surface area contributed by atoms with E-state index in [1.165, 1.54) is 12.1 Å². The van der Waals surface area contributed by atoms with Crippen molar-refractivity contribution in [3.05, 3.63) is 59.9 Å². The number of carbonyl (C=O) groups excluding carboxylic acids is 1. The van der Waals surface area contributed by atoms with Gasteiger partial charge in [0.15, 0.2) is 0 Å². The number of thiophene rings is 1. The van der Waals surface area contributed by atoms with Crippen LogP contribution in [0.2, 0.25) is 0 Å². The molecule has 5 nitrogen and oxygen atoms in total. The molecule has 2 aromatic heterocycles. The molecule has 2 heterocycles. The molecule has 0 saturated heterocycles. The Bertz CT molecular complexity index is 785. The van der Waals surface area contributed by atoms with Gasteiger partial charge in [-0.25, -0.2) is 9.18 Å². The van der Waals surface area contributed by atoms with Crippen LogP contribution in [-0.2, 0) is 6.54 Å². The molecule has 0 radical (unpaired) electrons. The van der Waals surface area contributed by atoms with Crippen molar-refractivity contribution >= 4 is 23.1 Å². The van der Waals surface area contributed by atoms with Gasteiger partial charge in [-0.15, -0.1) is 11.3 Å². The third-order valence-corrected chi connectivity index (χ3v) is 4.06. The van der Waals surface area contributed by atoms with Gasteiger partial charge in [-0.3, -0.25) is 4.68 Å². The summed E-state index contributed by atoms with van der Waals surface area (Å²) in [5, 5.41) is 11.6. The number of benzene rings is 1. The molecule has 2 amide bonds. The van der Waals surface area contributed by atoms with Crippen LogP contribution in [-0.4, -0.2) is 22.4 Å². The Balaban J connectivity index is 1.48. The summed E-state index contributed by atoms with van der Waals surface area (Å²) < 4.78 is 15.2. The molecule has 0 unspecified atom stereocenters. The molecule has 23 heavy (non-hydrogen) atoms. The van der Waals surface area contributed by atoms with E-state index in [4.69, 9.17) is 0 Å².